The Hall–Kier alpha value is -1.63. The third kappa shape index (κ3) is 5.56. The summed E-state index contributed by atoms with van der Waals surface area (Å²) in [4.78, 5) is 12.7. The van der Waals surface area contributed by atoms with Gasteiger partial charge in [-0.3, -0.25) is 0 Å². The molecule has 0 spiro atoms. The molecular formula is C13H25N5O2. The van der Waals surface area contributed by atoms with Crippen LogP contribution in [0.15, 0.2) is 0 Å². The van der Waals surface area contributed by atoms with Crippen molar-refractivity contribution >= 4 is 11.9 Å². The van der Waals surface area contributed by atoms with Crippen molar-refractivity contribution < 1.29 is 9.84 Å². The van der Waals surface area contributed by atoms with E-state index in [0.717, 1.165) is 25.9 Å². The molecule has 0 fully saturated rings. The molecule has 1 unspecified atom stereocenters. The lowest BCUT2D eigenvalue weighted by Crippen LogP contribution is -2.17. The Balaban J connectivity index is 2.71. The van der Waals surface area contributed by atoms with E-state index in [4.69, 9.17) is 9.84 Å². The number of hydrogen-bond donors (Lipinski definition) is 3. The summed E-state index contributed by atoms with van der Waals surface area (Å²) in [6.07, 6.45) is 1.77. The number of nitrogens with zero attached hydrogens (tertiary/aromatic N) is 3. The highest BCUT2D eigenvalue weighted by molar-refractivity contribution is 5.35. The molecule has 114 valence electrons. The maximum absolute atomic E-state index is 8.99. The van der Waals surface area contributed by atoms with E-state index < -0.39 is 0 Å². The number of ether oxygens (including phenoxy) is 1. The lowest BCUT2D eigenvalue weighted by atomic mass is 10.0. The second kappa shape index (κ2) is 9.30. The predicted octanol–water partition coefficient (Wildman–Crippen LogP) is 1.52. The van der Waals surface area contributed by atoms with E-state index in [1.54, 1.807) is 0 Å². The zero-order valence-corrected chi connectivity index (χ0v) is 12.5. The minimum atomic E-state index is 0.199. The Bertz CT molecular complexity index is 365. The standard InChI is InChI=1S/C13H25N5O2/c1-4-10(7-8-19)9-15-12-16-11(14-5-2)17-13(18-12)20-6-3/h10,19H,4-9H2,1-3H3,(H2,14,15,16,17,18). The van der Waals surface area contributed by atoms with Crippen LogP contribution < -0.4 is 15.4 Å². The molecule has 7 heteroatoms. The van der Waals surface area contributed by atoms with E-state index in [1.165, 1.54) is 0 Å². The number of aliphatic hydroxyl groups is 1. The van der Waals surface area contributed by atoms with Gasteiger partial charge in [0.15, 0.2) is 0 Å². The van der Waals surface area contributed by atoms with Gasteiger partial charge in [0.05, 0.1) is 6.61 Å². The monoisotopic (exact) mass is 283 g/mol. The van der Waals surface area contributed by atoms with E-state index >= 15 is 0 Å². The first-order chi connectivity index (χ1) is 9.73. The van der Waals surface area contributed by atoms with Crippen molar-refractivity contribution in [3.63, 3.8) is 0 Å². The molecule has 20 heavy (non-hydrogen) atoms. The van der Waals surface area contributed by atoms with Crippen LogP contribution in [0.2, 0.25) is 0 Å². The Morgan fingerprint density at radius 3 is 2.35 bits per heavy atom. The summed E-state index contributed by atoms with van der Waals surface area (Å²) in [6, 6.07) is 0.316. The number of nitrogens with one attached hydrogen (secondary N) is 2. The van der Waals surface area contributed by atoms with Gasteiger partial charge in [0.1, 0.15) is 0 Å². The first-order valence-corrected chi connectivity index (χ1v) is 7.20. The van der Waals surface area contributed by atoms with Crippen molar-refractivity contribution in [3.8, 4) is 6.01 Å². The molecule has 1 aromatic rings. The summed E-state index contributed by atoms with van der Waals surface area (Å²) in [5, 5.41) is 15.2. The summed E-state index contributed by atoms with van der Waals surface area (Å²) < 4.78 is 5.33. The molecular weight excluding hydrogens is 258 g/mol. The van der Waals surface area contributed by atoms with Gasteiger partial charge in [-0.05, 0) is 26.2 Å². The van der Waals surface area contributed by atoms with Crippen molar-refractivity contribution in [1.29, 1.82) is 0 Å². The molecule has 0 saturated heterocycles. The second-order valence-electron chi connectivity index (χ2n) is 4.40. The third-order valence-electron chi connectivity index (χ3n) is 2.89. The van der Waals surface area contributed by atoms with Crippen molar-refractivity contribution in [2.24, 2.45) is 5.92 Å². The number of rotatable bonds is 10. The van der Waals surface area contributed by atoms with Crippen LogP contribution in [0.3, 0.4) is 0 Å². The van der Waals surface area contributed by atoms with Crippen LogP contribution in [0, 0.1) is 5.92 Å². The normalized spacial score (nSPS) is 12.0. The minimum Gasteiger partial charge on any atom is -0.464 e. The maximum Gasteiger partial charge on any atom is 0.323 e. The second-order valence-corrected chi connectivity index (χ2v) is 4.40. The molecule has 0 aliphatic rings. The summed E-state index contributed by atoms with van der Waals surface area (Å²) in [7, 11) is 0. The maximum atomic E-state index is 8.99. The Labute approximate surface area is 120 Å². The molecule has 7 nitrogen and oxygen atoms in total. The van der Waals surface area contributed by atoms with Crippen LogP contribution in [0.5, 0.6) is 6.01 Å². The van der Waals surface area contributed by atoms with Gasteiger partial charge >= 0.3 is 6.01 Å². The number of aromatic nitrogens is 3. The van der Waals surface area contributed by atoms with Crippen molar-refractivity contribution in [1.82, 2.24) is 15.0 Å². The van der Waals surface area contributed by atoms with E-state index in [1.807, 2.05) is 13.8 Å². The molecule has 0 aliphatic carbocycles. The fourth-order valence-electron chi connectivity index (χ4n) is 1.74. The van der Waals surface area contributed by atoms with Crippen LogP contribution in [-0.2, 0) is 0 Å². The predicted molar refractivity (Wildman–Crippen MR) is 79.1 cm³/mol. The van der Waals surface area contributed by atoms with Gasteiger partial charge in [0, 0.05) is 19.7 Å². The highest BCUT2D eigenvalue weighted by Crippen LogP contribution is 2.13. The zero-order chi connectivity index (χ0) is 14.8. The number of hydrogen-bond acceptors (Lipinski definition) is 7. The van der Waals surface area contributed by atoms with Crippen LogP contribution in [0.25, 0.3) is 0 Å². The van der Waals surface area contributed by atoms with Crippen molar-refractivity contribution in [3.05, 3.63) is 0 Å². The molecule has 0 amide bonds. The lowest BCUT2D eigenvalue weighted by molar-refractivity contribution is 0.258. The summed E-state index contributed by atoms with van der Waals surface area (Å²) in [5.74, 6) is 1.40. The van der Waals surface area contributed by atoms with Gasteiger partial charge in [0.25, 0.3) is 0 Å². The SMILES string of the molecule is CCNc1nc(NCC(CC)CCO)nc(OCC)n1. The fraction of sp³-hybridized carbons (Fsp3) is 0.769. The Morgan fingerprint density at radius 1 is 1.10 bits per heavy atom. The largest absolute Gasteiger partial charge is 0.464 e. The summed E-state index contributed by atoms with van der Waals surface area (Å²) in [6.45, 7) is 8.13. The molecule has 1 aromatic heterocycles. The highest BCUT2D eigenvalue weighted by Gasteiger charge is 2.09. The van der Waals surface area contributed by atoms with Crippen LogP contribution in [-0.4, -0.2) is 46.4 Å². The van der Waals surface area contributed by atoms with Crippen molar-refractivity contribution in [2.75, 3.05) is 36.9 Å². The van der Waals surface area contributed by atoms with Gasteiger partial charge in [0.2, 0.25) is 11.9 Å². The smallest absolute Gasteiger partial charge is 0.323 e. The molecule has 0 saturated carbocycles. The summed E-state index contributed by atoms with van der Waals surface area (Å²) in [5.41, 5.74) is 0. The van der Waals surface area contributed by atoms with Crippen LogP contribution in [0.4, 0.5) is 11.9 Å². The van der Waals surface area contributed by atoms with Crippen LogP contribution in [0.1, 0.15) is 33.6 Å². The first kappa shape index (κ1) is 16.4. The molecule has 3 N–H and O–H groups in total. The van der Waals surface area contributed by atoms with Gasteiger partial charge < -0.3 is 20.5 Å². The molecule has 0 aromatic carbocycles. The molecule has 0 aliphatic heterocycles. The average molecular weight is 283 g/mol. The average Bonchev–Trinajstić information content (AvgIpc) is 2.44. The van der Waals surface area contributed by atoms with E-state index in [0.29, 0.717) is 30.4 Å². The molecule has 0 radical (unpaired) electrons. The van der Waals surface area contributed by atoms with E-state index in [-0.39, 0.29) is 6.61 Å². The van der Waals surface area contributed by atoms with Gasteiger partial charge in [-0.25, -0.2) is 0 Å². The first-order valence-electron chi connectivity index (χ1n) is 7.20. The molecule has 1 atom stereocenters. The third-order valence-corrected chi connectivity index (χ3v) is 2.89. The quantitative estimate of drug-likeness (QED) is 0.599. The fourth-order valence-corrected chi connectivity index (χ4v) is 1.74. The highest BCUT2D eigenvalue weighted by atomic mass is 16.5. The summed E-state index contributed by atoms with van der Waals surface area (Å²) >= 11 is 0. The topological polar surface area (TPSA) is 92.2 Å². The van der Waals surface area contributed by atoms with Gasteiger partial charge in [-0.15, -0.1) is 0 Å². The van der Waals surface area contributed by atoms with E-state index in [2.05, 4.69) is 32.5 Å². The Kier molecular flexibility index (Phi) is 7.64. The molecule has 0 bridgehead atoms. The minimum absolute atomic E-state index is 0.199. The molecule has 1 rings (SSSR count). The number of aliphatic hydroxyl groups excluding tert-OH is 1. The number of anilines is 2. The molecule has 1 heterocycles. The zero-order valence-electron chi connectivity index (χ0n) is 12.5. The Morgan fingerprint density at radius 2 is 1.80 bits per heavy atom. The van der Waals surface area contributed by atoms with Gasteiger partial charge in [-0.2, -0.15) is 15.0 Å². The van der Waals surface area contributed by atoms with Crippen molar-refractivity contribution in [2.45, 2.75) is 33.6 Å². The lowest BCUT2D eigenvalue weighted by Gasteiger charge is -2.15. The van der Waals surface area contributed by atoms with Gasteiger partial charge in [-0.1, -0.05) is 13.3 Å². The van der Waals surface area contributed by atoms with E-state index in [9.17, 15) is 0 Å². The van der Waals surface area contributed by atoms with Crippen LogP contribution >= 0.6 is 0 Å².